The maximum atomic E-state index is 13.2. The third-order valence-corrected chi connectivity index (χ3v) is 9.92. The molecule has 4 aromatic carbocycles. The van der Waals surface area contributed by atoms with Gasteiger partial charge in [0.2, 0.25) is 11.8 Å². The molecule has 1 saturated heterocycles. The Balaban J connectivity index is 0.944. The van der Waals surface area contributed by atoms with Gasteiger partial charge >= 0.3 is 12.4 Å². The van der Waals surface area contributed by atoms with Gasteiger partial charge in [0.05, 0.1) is 22.5 Å². The number of benzene rings is 4. The number of rotatable bonds is 12. The fraction of sp³-hybridized carbons (Fsp3) is 0.269. The van der Waals surface area contributed by atoms with Gasteiger partial charge in [0.25, 0.3) is 0 Å². The molecule has 5 rings (SSSR count). The first-order chi connectivity index (χ1) is 30.9. The highest BCUT2D eigenvalue weighted by Crippen LogP contribution is 2.32. The number of carbonyl (C=O) groups is 2. The van der Waals surface area contributed by atoms with Crippen molar-refractivity contribution in [1.29, 1.82) is 0 Å². The number of hydrogen-bond donors (Lipinski definition) is 2. The van der Waals surface area contributed by atoms with Crippen LogP contribution in [0, 0.1) is 47.4 Å². The standard InChI is InChI=1S/C52H46F6N4O2/c53-51(54,55)45-29-13-9-23-41(45)21-5-1-3-7-25-43-27-11-15-31-47(43)59-49(63)33-17-19-35-61-37-39-62(40-38-61)36-20-18-34-50(64)60-48-32-16-12-28-44(48)26-8-4-2-6-22-42-24-10-14-30-46(42)52(56,57)58/h1-4,9-16,23-24,27-32H,17-20,33-40H2,(H,59,63)(H,60,64)/b3-1-,4-2-. The number of piperazine rings is 1. The van der Waals surface area contributed by atoms with E-state index in [2.05, 4.69) is 67.8 Å². The summed E-state index contributed by atoms with van der Waals surface area (Å²) in [6.45, 7) is 5.54. The van der Waals surface area contributed by atoms with Gasteiger partial charge in [-0.05, 0) is 112 Å². The zero-order chi connectivity index (χ0) is 45.6. The molecule has 1 aliphatic heterocycles. The fourth-order valence-corrected chi connectivity index (χ4v) is 6.63. The third kappa shape index (κ3) is 16.4. The highest BCUT2D eigenvalue weighted by molar-refractivity contribution is 5.92. The summed E-state index contributed by atoms with van der Waals surface area (Å²) in [6, 6.07) is 24.6. The van der Waals surface area contributed by atoms with Crippen molar-refractivity contribution < 1.29 is 35.9 Å². The fourth-order valence-electron chi connectivity index (χ4n) is 6.63. The topological polar surface area (TPSA) is 64.7 Å². The number of anilines is 2. The number of hydrogen-bond acceptors (Lipinski definition) is 4. The van der Waals surface area contributed by atoms with Gasteiger partial charge in [-0.1, -0.05) is 95.9 Å². The van der Waals surface area contributed by atoms with Crippen molar-refractivity contribution in [1.82, 2.24) is 9.80 Å². The van der Waals surface area contributed by atoms with Gasteiger partial charge in [-0.15, -0.1) is 0 Å². The van der Waals surface area contributed by atoms with Gasteiger partial charge in [0.15, 0.2) is 0 Å². The van der Waals surface area contributed by atoms with Crippen molar-refractivity contribution in [3.63, 3.8) is 0 Å². The molecule has 6 nitrogen and oxygen atoms in total. The number of allylic oxidation sites excluding steroid dienone is 4. The summed E-state index contributed by atoms with van der Waals surface area (Å²) in [7, 11) is 0. The van der Waals surface area contributed by atoms with E-state index in [4.69, 9.17) is 0 Å². The van der Waals surface area contributed by atoms with E-state index in [0.717, 1.165) is 77.1 Å². The molecule has 1 heterocycles. The summed E-state index contributed by atoms with van der Waals surface area (Å²) in [5.41, 5.74) is 0.578. The minimum Gasteiger partial charge on any atom is -0.325 e. The van der Waals surface area contributed by atoms with E-state index in [-0.39, 0.29) is 22.9 Å². The molecule has 0 bridgehead atoms. The lowest BCUT2D eigenvalue weighted by Gasteiger charge is -2.34. The van der Waals surface area contributed by atoms with Crippen LogP contribution in [0.25, 0.3) is 0 Å². The van der Waals surface area contributed by atoms with Crippen LogP contribution in [0.2, 0.25) is 0 Å². The van der Waals surface area contributed by atoms with Crippen molar-refractivity contribution >= 4 is 23.2 Å². The Bertz CT molecular complexity index is 2360. The van der Waals surface area contributed by atoms with Crippen molar-refractivity contribution in [2.75, 3.05) is 49.9 Å². The molecule has 1 fully saturated rings. The molecule has 0 unspecified atom stereocenters. The van der Waals surface area contributed by atoms with E-state index in [1.165, 1.54) is 60.7 Å². The monoisotopic (exact) mass is 872 g/mol. The smallest absolute Gasteiger partial charge is 0.325 e. The predicted molar refractivity (Wildman–Crippen MR) is 239 cm³/mol. The largest absolute Gasteiger partial charge is 0.417 e. The molecule has 12 heteroatoms. The number of carbonyl (C=O) groups excluding carboxylic acids is 2. The van der Waals surface area contributed by atoms with E-state index < -0.39 is 23.5 Å². The number of unbranched alkanes of at least 4 members (excludes halogenated alkanes) is 2. The normalized spacial score (nSPS) is 13.1. The summed E-state index contributed by atoms with van der Waals surface area (Å²) in [6.07, 6.45) is 0.657. The second kappa shape index (κ2) is 24.6. The second-order valence-corrected chi connectivity index (χ2v) is 14.6. The van der Waals surface area contributed by atoms with Crippen molar-refractivity contribution in [2.24, 2.45) is 0 Å². The predicted octanol–water partition coefficient (Wildman–Crippen LogP) is 10.2. The van der Waals surface area contributed by atoms with Gasteiger partial charge < -0.3 is 20.4 Å². The van der Waals surface area contributed by atoms with Gasteiger partial charge in [-0.2, -0.15) is 26.3 Å². The van der Waals surface area contributed by atoms with Crippen LogP contribution in [0.15, 0.2) is 121 Å². The molecule has 2 amide bonds. The minimum atomic E-state index is -4.49. The zero-order valence-electron chi connectivity index (χ0n) is 35.0. The average Bonchev–Trinajstić information content (AvgIpc) is 3.27. The van der Waals surface area contributed by atoms with Crippen molar-refractivity contribution in [3.8, 4) is 47.4 Å². The minimum absolute atomic E-state index is 0.109. The molecule has 0 spiro atoms. The van der Waals surface area contributed by atoms with Crippen LogP contribution in [-0.4, -0.2) is 60.9 Å². The summed E-state index contributed by atoms with van der Waals surface area (Å²) in [4.78, 5) is 30.3. The summed E-state index contributed by atoms with van der Waals surface area (Å²) in [5.74, 6) is 21.6. The number of halogens is 6. The average molecular weight is 873 g/mol. The summed E-state index contributed by atoms with van der Waals surface area (Å²) < 4.78 is 79.1. The van der Waals surface area contributed by atoms with E-state index >= 15 is 0 Å². The maximum Gasteiger partial charge on any atom is 0.417 e. The van der Waals surface area contributed by atoms with Crippen LogP contribution < -0.4 is 10.6 Å². The molecule has 0 radical (unpaired) electrons. The van der Waals surface area contributed by atoms with Gasteiger partial charge in [0.1, 0.15) is 0 Å². The molecule has 1 aliphatic rings. The Hall–Kier alpha value is -6.96. The van der Waals surface area contributed by atoms with Crippen LogP contribution >= 0.6 is 0 Å². The zero-order valence-corrected chi connectivity index (χ0v) is 35.0. The molecule has 0 saturated carbocycles. The Morgan fingerprint density at radius 3 is 1.14 bits per heavy atom. The van der Waals surface area contributed by atoms with Crippen LogP contribution in [0.4, 0.5) is 37.7 Å². The molecule has 4 aromatic rings. The first kappa shape index (κ1) is 48.1. The molecule has 64 heavy (non-hydrogen) atoms. The maximum absolute atomic E-state index is 13.2. The molecular formula is C52H46F6N4O2. The highest BCUT2D eigenvalue weighted by atomic mass is 19.4. The molecule has 0 atom stereocenters. The number of para-hydroxylation sites is 2. The SMILES string of the molecule is O=C(CCCCN1CCN(CCCCC(=O)Nc2ccccc2C#C/C=C\C#Cc2ccccc2C(F)(F)F)CC1)Nc1ccccc1C#C/C=C\C#Cc1ccccc1C(F)(F)F. The molecular weight excluding hydrogens is 827 g/mol. The summed E-state index contributed by atoms with van der Waals surface area (Å²) in [5, 5.41) is 5.87. The van der Waals surface area contributed by atoms with Gasteiger partial charge in [0, 0.05) is 61.3 Å². The van der Waals surface area contributed by atoms with Crippen LogP contribution in [0.1, 0.15) is 71.9 Å². The number of nitrogens with one attached hydrogen (secondary N) is 2. The Morgan fingerprint density at radius 1 is 0.469 bits per heavy atom. The Kier molecular flexibility index (Phi) is 18.5. The van der Waals surface area contributed by atoms with E-state index in [0.29, 0.717) is 35.3 Å². The summed E-state index contributed by atoms with van der Waals surface area (Å²) >= 11 is 0. The number of alkyl halides is 6. The first-order valence-corrected chi connectivity index (χ1v) is 20.8. The van der Waals surface area contributed by atoms with E-state index in [1.807, 2.05) is 0 Å². The quantitative estimate of drug-likeness (QED) is 0.0846. The highest BCUT2D eigenvalue weighted by Gasteiger charge is 2.33. The van der Waals surface area contributed by atoms with Crippen LogP contribution in [-0.2, 0) is 21.9 Å². The van der Waals surface area contributed by atoms with E-state index in [9.17, 15) is 35.9 Å². The Morgan fingerprint density at radius 2 is 0.781 bits per heavy atom. The van der Waals surface area contributed by atoms with Crippen LogP contribution in [0.5, 0.6) is 0 Å². The van der Waals surface area contributed by atoms with E-state index in [1.54, 1.807) is 48.5 Å². The lowest BCUT2D eigenvalue weighted by molar-refractivity contribution is -0.138. The Labute approximate surface area is 370 Å². The van der Waals surface area contributed by atoms with Gasteiger partial charge in [-0.3, -0.25) is 9.59 Å². The molecule has 0 aromatic heterocycles. The molecule has 328 valence electrons. The molecule has 0 aliphatic carbocycles. The number of amides is 2. The lowest BCUT2D eigenvalue weighted by atomic mass is 10.1. The van der Waals surface area contributed by atoms with Crippen LogP contribution in [0.3, 0.4) is 0 Å². The van der Waals surface area contributed by atoms with Crippen molar-refractivity contribution in [3.05, 3.63) is 155 Å². The van der Waals surface area contributed by atoms with Crippen molar-refractivity contribution in [2.45, 2.75) is 50.9 Å². The second-order valence-electron chi connectivity index (χ2n) is 14.6. The first-order valence-electron chi connectivity index (χ1n) is 20.8. The molecule has 2 N–H and O–H groups in total. The third-order valence-electron chi connectivity index (χ3n) is 9.92. The van der Waals surface area contributed by atoms with Gasteiger partial charge in [-0.25, -0.2) is 0 Å². The number of nitrogens with zero attached hydrogens (tertiary/aromatic N) is 2. The lowest BCUT2D eigenvalue weighted by Crippen LogP contribution is -2.46.